The molecule has 4 nitrogen and oxygen atoms in total. The molecule has 0 N–H and O–H groups in total. The second-order valence-electron chi connectivity index (χ2n) is 3.23. The maximum atomic E-state index is 4.26. The zero-order valence-electron chi connectivity index (χ0n) is 7.70. The fourth-order valence-corrected chi connectivity index (χ4v) is 2.31. The van der Waals surface area contributed by atoms with Crippen molar-refractivity contribution in [2.24, 2.45) is 9.98 Å². The average Bonchev–Trinajstić information content (AvgIpc) is 2.82. The predicted octanol–water partition coefficient (Wildman–Crippen LogP) is 2.76. The van der Waals surface area contributed by atoms with Crippen LogP contribution >= 0.6 is 11.7 Å². The molecule has 0 fully saturated rings. The number of hydrogen-bond acceptors (Lipinski definition) is 5. The highest BCUT2D eigenvalue weighted by atomic mass is 32.1. The van der Waals surface area contributed by atoms with E-state index >= 15 is 0 Å². The molecule has 0 atom stereocenters. The summed E-state index contributed by atoms with van der Waals surface area (Å²) in [6.07, 6.45) is 0. The van der Waals surface area contributed by atoms with Crippen LogP contribution in [0.25, 0.3) is 11.0 Å². The smallest absolute Gasteiger partial charge is 0.110 e. The maximum Gasteiger partial charge on any atom is 0.110 e. The Morgan fingerprint density at radius 3 is 1.93 bits per heavy atom. The molecule has 2 heterocycles. The van der Waals surface area contributed by atoms with E-state index < -0.39 is 0 Å². The molecule has 5 heteroatoms. The Labute approximate surface area is 84.4 Å². The van der Waals surface area contributed by atoms with Crippen LogP contribution in [0.15, 0.2) is 9.98 Å². The number of aliphatic imine (C=N–C) groups is 2. The molecule has 0 saturated carbocycles. The number of hydrogen-bond donors (Lipinski definition) is 0. The van der Waals surface area contributed by atoms with Crippen LogP contribution in [0.1, 0.15) is 11.1 Å². The first kappa shape index (κ1) is 7.79. The molecule has 1 aliphatic rings. The molecule has 0 aliphatic carbocycles. The van der Waals surface area contributed by atoms with E-state index in [2.05, 4.69) is 24.7 Å². The van der Waals surface area contributed by atoms with Crippen LogP contribution < -0.4 is 0 Å². The lowest BCUT2D eigenvalue weighted by Crippen LogP contribution is -1.83. The van der Waals surface area contributed by atoms with Gasteiger partial charge in [0.15, 0.2) is 0 Å². The molecule has 1 aromatic carbocycles. The van der Waals surface area contributed by atoms with Crippen molar-refractivity contribution in [1.29, 1.82) is 0 Å². The Kier molecular flexibility index (Phi) is 1.37. The van der Waals surface area contributed by atoms with E-state index in [1.54, 1.807) is 0 Å². The number of benzene rings is 1. The Morgan fingerprint density at radius 2 is 1.43 bits per heavy atom. The van der Waals surface area contributed by atoms with E-state index in [1.165, 1.54) is 11.7 Å². The van der Waals surface area contributed by atoms with E-state index in [-0.39, 0.29) is 0 Å². The normalized spacial score (nSPS) is 12.7. The molecule has 0 radical (unpaired) electrons. The third-order valence-corrected chi connectivity index (χ3v) is 2.99. The topological polar surface area (TPSA) is 50.5 Å². The number of nitrogens with zero attached hydrogens (tertiary/aromatic N) is 4. The molecule has 0 amide bonds. The van der Waals surface area contributed by atoms with Crippen LogP contribution in [0.4, 0.5) is 11.4 Å². The largest absolute Gasteiger partial charge is 0.185 e. The van der Waals surface area contributed by atoms with Crippen molar-refractivity contribution in [2.75, 3.05) is 0 Å². The molecule has 68 valence electrons. The van der Waals surface area contributed by atoms with Gasteiger partial charge in [-0.1, -0.05) is 0 Å². The molecule has 3 rings (SSSR count). The number of fused-ring (bicyclic) bond motifs is 2. The summed E-state index contributed by atoms with van der Waals surface area (Å²) in [5.41, 5.74) is 5.75. The van der Waals surface area contributed by atoms with Gasteiger partial charge in [-0.05, 0) is 13.8 Å². The Morgan fingerprint density at radius 1 is 0.929 bits per heavy atom. The van der Waals surface area contributed by atoms with Gasteiger partial charge in [0.25, 0.3) is 0 Å². The Balaban J connectivity index is 2.59. The first-order valence-electron chi connectivity index (χ1n) is 4.21. The summed E-state index contributed by atoms with van der Waals surface area (Å²) in [5.74, 6) is 0. The molecular formula is C9H6N4S. The van der Waals surface area contributed by atoms with Gasteiger partial charge in [0, 0.05) is 11.1 Å². The van der Waals surface area contributed by atoms with Gasteiger partial charge in [0.1, 0.15) is 28.4 Å². The SMILES string of the molecule is Cc1c2c(c(C)c3nsnc13)N=C=N2. The number of aryl methyl sites for hydroxylation is 2. The fraction of sp³-hybridized carbons (Fsp3) is 0.222. The van der Waals surface area contributed by atoms with Crippen LogP contribution in [-0.4, -0.2) is 14.8 Å². The van der Waals surface area contributed by atoms with E-state index in [9.17, 15) is 0 Å². The predicted molar refractivity (Wildman–Crippen MR) is 56.1 cm³/mol. The number of rotatable bonds is 0. The third kappa shape index (κ3) is 0.780. The standard InChI is InChI=1S/C9H6N4S/c1-4-6-7(11-3-10-6)5(2)9-8(4)12-14-13-9/h1-2H3. The zero-order chi connectivity index (χ0) is 9.71. The number of aromatic nitrogens is 2. The molecular weight excluding hydrogens is 196 g/mol. The summed E-state index contributed by atoms with van der Waals surface area (Å²) in [7, 11) is 0. The molecule has 0 unspecified atom stereocenters. The van der Waals surface area contributed by atoms with Crippen LogP contribution in [0, 0.1) is 13.8 Å². The summed E-state index contributed by atoms with van der Waals surface area (Å²) in [5, 5.41) is 0. The van der Waals surface area contributed by atoms with Crippen LogP contribution in [0.5, 0.6) is 0 Å². The highest BCUT2D eigenvalue weighted by Crippen LogP contribution is 2.41. The minimum absolute atomic E-state index is 0.891. The minimum Gasteiger partial charge on any atom is -0.185 e. The monoisotopic (exact) mass is 202 g/mol. The van der Waals surface area contributed by atoms with E-state index in [4.69, 9.17) is 0 Å². The minimum atomic E-state index is 0.891. The summed E-state index contributed by atoms with van der Waals surface area (Å²) >= 11 is 1.23. The summed E-state index contributed by atoms with van der Waals surface area (Å²) in [6, 6.07) is 2.63. The Hall–Kier alpha value is -1.58. The van der Waals surface area contributed by atoms with E-state index in [0.29, 0.717) is 0 Å². The molecule has 1 aromatic heterocycles. The summed E-state index contributed by atoms with van der Waals surface area (Å²) in [6.45, 7) is 3.99. The van der Waals surface area contributed by atoms with Gasteiger partial charge in [0.05, 0.1) is 11.7 Å². The molecule has 0 bridgehead atoms. The van der Waals surface area contributed by atoms with Gasteiger partial charge in [-0.2, -0.15) is 18.7 Å². The van der Waals surface area contributed by atoms with Gasteiger partial charge in [0.2, 0.25) is 0 Å². The summed E-state index contributed by atoms with van der Waals surface area (Å²) in [4.78, 5) is 8.22. The van der Waals surface area contributed by atoms with Crippen molar-refractivity contribution in [3.05, 3.63) is 11.1 Å². The lowest BCUT2D eigenvalue weighted by Gasteiger charge is -2.03. The van der Waals surface area contributed by atoms with Crippen molar-refractivity contribution < 1.29 is 0 Å². The quantitative estimate of drug-likeness (QED) is 0.562. The van der Waals surface area contributed by atoms with Crippen molar-refractivity contribution in [3.63, 3.8) is 0 Å². The highest BCUT2D eigenvalue weighted by Gasteiger charge is 2.18. The van der Waals surface area contributed by atoms with Crippen molar-refractivity contribution in [3.8, 4) is 0 Å². The van der Waals surface area contributed by atoms with Gasteiger partial charge >= 0.3 is 0 Å². The first-order chi connectivity index (χ1) is 6.79. The molecule has 1 aliphatic heterocycles. The fourth-order valence-electron chi connectivity index (χ4n) is 1.66. The van der Waals surface area contributed by atoms with Crippen LogP contribution in [0.2, 0.25) is 0 Å². The van der Waals surface area contributed by atoms with Gasteiger partial charge in [-0.3, -0.25) is 0 Å². The first-order valence-corrected chi connectivity index (χ1v) is 4.94. The lowest BCUT2D eigenvalue weighted by molar-refractivity contribution is 1.38. The van der Waals surface area contributed by atoms with Crippen molar-refractivity contribution in [1.82, 2.24) is 8.75 Å². The second kappa shape index (κ2) is 2.47. The van der Waals surface area contributed by atoms with Gasteiger partial charge in [-0.25, -0.2) is 0 Å². The lowest BCUT2D eigenvalue weighted by atomic mass is 10.1. The molecule has 0 spiro atoms. The Bertz CT molecular complexity index is 557. The molecule has 14 heavy (non-hydrogen) atoms. The van der Waals surface area contributed by atoms with E-state index in [1.807, 2.05) is 13.8 Å². The van der Waals surface area contributed by atoms with Crippen LogP contribution in [0.3, 0.4) is 0 Å². The van der Waals surface area contributed by atoms with Crippen LogP contribution in [-0.2, 0) is 0 Å². The van der Waals surface area contributed by atoms with Crippen molar-refractivity contribution in [2.45, 2.75) is 13.8 Å². The van der Waals surface area contributed by atoms with E-state index in [0.717, 1.165) is 33.5 Å². The maximum absolute atomic E-state index is 4.26. The highest BCUT2D eigenvalue weighted by molar-refractivity contribution is 7.00. The molecule has 0 saturated heterocycles. The average molecular weight is 202 g/mol. The van der Waals surface area contributed by atoms with Gasteiger partial charge < -0.3 is 0 Å². The molecule has 2 aromatic rings. The third-order valence-electron chi connectivity index (χ3n) is 2.46. The summed E-state index contributed by atoms with van der Waals surface area (Å²) < 4.78 is 8.52. The van der Waals surface area contributed by atoms with Gasteiger partial charge in [-0.15, -0.1) is 0 Å². The zero-order valence-corrected chi connectivity index (χ0v) is 8.51. The second-order valence-corrected chi connectivity index (χ2v) is 3.76. The van der Waals surface area contributed by atoms with Crippen molar-refractivity contribution >= 4 is 40.1 Å².